The Morgan fingerprint density at radius 1 is 0.651 bits per heavy atom. The molecule has 63 heavy (non-hydrogen) atoms. The van der Waals surface area contributed by atoms with Gasteiger partial charge in [-0.3, -0.25) is 19.4 Å². The lowest BCUT2D eigenvalue weighted by Crippen LogP contribution is -2.20. The first-order chi connectivity index (χ1) is 30.7. The molecule has 10 rings (SSSR count). The molecule has 3 aliphatic rings. The number of aromatic nitrogens is 7. The van der Waals surface area contributed by atoms with Crippen LogP contribution in [-0.2, 0) is 0 Å². The van der Waals surface area contributed by atoms with Gasteiger partial charge < -0.3 is 35.1 Å². The van der Waals surface area contributed by atoms with Crippen molar-refractivity contribution in [3.8, 4) is 28.9 Å². The number of pyridine rings is 3. The minimum absolute atomic E-state index is 0.421. The number of amidine groups is 3. The maximum Gasteiger partial charge on any atom is 0.257 e. The predicted octanol–water partition coefficient (Wildman–Crippen LogP) is 5.96. The van der Waals surface area contributed by atoms with E-state index >= 15 is 0 Å². The number of aliphatic imine (C=N–C) groups is 3. The van der Waals surface area contributed by atoms with Gasteiger partial charge in [-0.25, -0.2) is 15.0 Å². The fourth-order valence-corrected chi connectivity index (χ4v) is 7.38. The van der Waals surface area contributed by atoms with Gasteiger partial charge in [0.05, 0.1) is 68.9 Å². The van der Waals surface area contributed by atoms with Gasteiger partial charge >= 0.3 is 0 Å². The van der Waals surface area contributed by atoms with Gasteiger partial charge in [-0.1, -0.05) is 35.3 Å². The third-order valence-corrected chi connectivity index (χ3v) is 10.5. The second-order valence-corrected chi connectivity index (χ2v) is 15.0. The summed E-state index contributed by atoms with van der Waals surface area (Å²) in [7, 11) is 6.79. The highest BCUT2D eigenvalue weighted by Crippen LogP contribution is 2.34. The normalized spacial score (nSPS) is 13.9. The Balaban J connectivity index is 0.000000159. The van der Waals surface area contributed by atoms with Crippen LogP contribution in [-0.4, -0.2) is 120 Å². The number of aryl methyl sites for hydroxylation is 1. The van der Waals surface area contributed by atoms with Crippen molar-refractivity contribution in [2.45, 2.75) is 6.92 Å². The van der Waals surface area contributed by atoms with Crippen LogP contribution in [0.1, 0.15) is 22.4 Å². The number of methoxy groups -OCH3 is 3. The van der Waals surface area contributed by atoms with Crippen LogP contribution >= 0.6 is 23.2 Å². The number of benzene rings is 2. The largest absolute Gasteiger partial charge is 0.480 e. The van der Waals surface area contributed by atoms with Crippen molar-refractivity contribution in [1.82, 2.24) is 50.5 Å². The number of rotatable bonds is 9. The van der Waals surface area contributed by atoms with Gasteiger partial charge in [-0.15, -0.1) is 10.2 Å². The average molecular weight is 888 g/mol. The second-order valence-electron chi connectivity index (χ2n) is 14.1. The molecule has 0 atom stereocenters. The van der Waals surface area contributed by atoms with E-state index < -0.39 is 0 Å². The standard InChI is InChI=1S/C25H21ClN8O.C10H13N3O.C9H10ClN3O/c1-33(23-18-7-6-16(26)13-21(18)34-14-29-32-25(34)31-23)17-5-3-4-15(12-17)20-9-8-19(24(30-20)35-2)22-27-10-11-28-22;1-7-3-4-8(10(13-7)14-2)9-11-5-6-12-9;1-14-9-6(2-3-7(10)13-9)8-11-4-5-12-8/h3-9,12-14H,10-11H2,1-2H3,(H,27,28);3-4H,5-6H2,1-2H3,(H,11,12);2-3H,4-5H2,1H3,(H,11,12). The van der Waals surface area contributed by atoms with Crippen molar-refractivity contribution in [3.63, 3.8) is 0 Å². The minimum Gasteiger partial charge on any atom is -0.480 e. The molecule has 2 aromatic carbocycles. The molecule has 3 N–H and O–H groups in total. The molecule has 8 heterocycles. The van der Waals surface area contributed by atoms with Crippen LogP contribution in [0.25, 0.3) is 27.9 Å². The highest BCUT2D eigenvalue weighted by molar-refractivity contribution is 6.31. The van der Waals surface area contributed by atoms with Gasteiger partial charge in [0.25, 0.3) is 5.78 Å². The Labute approximate surface area is 373 Å². The van der Waals surface area contributed by atoms with Crippen molar-refractivity contribution in [1.29, 1.82) is 0 Å². The summed E-state index contributed by atoms with van der Waals surface area (Å²) in [6.07, 6.45) is 1.64. The van der Waals surface area contributed by atoms with E-state index in [-0.39, 0.29) is 0 Å². The van der Waals surface area contributed by atoms with Crippen molar-refractivity contribution in [3.05, 3.63) is 118 Å². The minimum atomic E-state index is 0.421. The number of nitrogens with one attached hydrogen (secondary N) is 3. The lowest BCUT2D eigenvalue weighted by atomic mass is 10.1. The molecule has 0 radical (unpaired) electrons. The summed E-state index contributed by atoms with van der Waals surface area (Å²) in [5.74, 6) is 5.46. The van der Waals surface area contributed by atoms with Crippen LogP contribution in [0.2, 0.25) is 10.2 Å². The first-order valence-corrected chi connectivity index (χ1v) is 20.8. The number of ether oxygens (including phenoxy) is 3. The molecule has 322 valence electrons. The summed E-state index contributed by atoms with van der Waals surface area (Å²) in [5.41, 5.74) is 7.19. The third-order valence-electron chi connectivity index (χ3n) is 10.1. The molecule has 0 bridgehead atoms. The second kappa shape index (κ2) is 19.3. The Bertz CT molecular complexity index is 2810. The molecule has 3 aliphatic heterocycles. The zero-order chi connectivity index (χ0) is 43.9. The molecular weight excluding hydrogens is 843 g/mol. The maximum absolute atomic E-state index is 6.28. The number of anilines is 2. The number of nitrogens with zero attached hydrogens (tertiary/aromatic N) is 11. The molecule has 0 aliphatic carbocycles. The Morgan fingerprint density at radius 3 is 1.87 bits per heavy atom. The van der Waals surface area contributed by atoms with Crippen molar-refractivity contribution >= 4 is 68.9 Å². The summed E-state index contributed by atoms with van der Waals surface area (Å²) in [6, 6.07) is 25.3. The fourth-order valence-electron chi connectivity index (χ4n) is 7.07. The van der Waals surface area contributed by atoms with E-state index in [2.05, 4.69) is 57.2 Å². The summed E-state index contributed by atoms with van der Waals surface area (Å²) >= 11 is 12.0. The topological polar surface area (TPSA) is 186 Å². The van der Waals surface area contributed by atoms with E-state index in [0.29, 0.717) is 33.6 Å². The van der Waals surface area contributed by atoms with Crippen molar-refractivity contribution in [2.75, 3.05) is 72.5 Å². The highest BCUT2D eigenvalue weighted by Gasteiger charge is 2.19. The Kier molecular flexibility index (Phi) is 13.0. The Morgan fingerprint density at radius 2 is 1.25 bits per heavy atom. The third kappa shape index (κ3) is 9.39. The zero-order valence-corrected chi connectivity index (χ0v) is 36.7. The monoisotopic (exact) mass is 886 g/mol. The van der Waals surface area contributed by atoms with E-state index in [1.54, 1.807) is 33.7 Å². The number of hydrogen-bond acceptors (Lipinski definition) is 16. The predicted molar refractivity (Wildman–Crippen MR) is 247 cm³/mol. The molecule has 0 saturated heterocycles. The van der Waals surface area contributed by atoms with Crippen LogP contribution in [0.5, 0.6) is 17.6 Å². The molecule has 17 nitrogen and oxygen atoms in total. The van der Waals surface area contributed by atoms with Crippen LogP contribution in [0.4, 0.5) is 11.5 Å². The first kappa shape index (κ1) is 42.6. The molecule has 0 unspecified atom stereocenters. The zero-order valence-electron chi connectivity index (χ0n) is 35.2. The molecule has 0 amide bonds. The molecular formula is C44H44Cl2N14O3. The van der Waals surface area contributed by atoms with E-state index in [1.165, 1.54) is 0 Å². The average Bonchev–Trinajstić information content (AvgIpc) is 4.18. The quantitative estimate of drug-likeness (QED) is 0.144. The molecule has 0 saturated carbocycles. The summed E-state index contributed by atoms with van der Waals surface area (Å²) < 4.78 is 17.7. The molecule has 5 aromatic heterocycles. The molecule has 19 heteroatoms. The van der Waals surface area contributed by atoms with E-state index in [4.69, 9.17) is 47.4 Å². The molecule has 0 spiro atoms. The lowest BCUT2D eigenvalue weighted by Gasteiger charge is -2.21. The van der Waals surface area contributed by atoms with E-state index in [1.807, 2.05) is 90.0 Å². The summed E-state index contributed by atoms with van der Waals surface area (Å²) in [6.45, 7) is 6.89. The molecule has 7 aromatic rings. The highest BCUT2D eigenvalue weighted by atomic mass is 35.5. The fraction of sp³-hybridized carbons (Fsp3) is 0.250. The van der Waals surface area contributed by atoms with Gasteiger partial charge in [-0.05, 0) is 73.7 Å². The van der Waals surface area contributed by atoms with Crippen molar-refractivity contribution in [2.24, 2.45) is 15.0 Å². The first-order valence-electron chi connectivity index (χ1n) is 20.0. The summed E-state index contributed by atoms with van der Waals surface area (Å²) in [4.78, 5) is 33.0. The van der Waals surface area contributed by atoms with E-state index in [9.17, 15) is 0 Å². The van der Waals surface area contributed by atoms with Crippen LogP contribution in [0, 0.1) is 6.92 Å². The van der Waals surface area contributed by atoms with Crippen LogP contribution < -0.4 is 35.1 Å². The smallest absolute Gasteiger partial charge is 0.257 e. The van der Waals surface area contributed by atoms with Crippen LogP contribution in [0.3, 0.4) is 0 Å². The lowest BCUT2D eigenvalue weighted by molar-refractivity contribution is 0.396. The van der Waals surface area contributed by atoms with Crippen LogP contribution in [0.15, 0.2) is 100 Å². The van der Waals surface area contributed by atoms with Gasteiger partial charge in [0.15, 0.2) is 0 Å². The SMILES string of the molecule is COc1nc(-c2cccc(N(C)c3nc4nncn4c4cc(Cl)ccc34)c2)ccc1C1=NCCN1.COc1nc(C)ccc1C1=NCCN1.COc1nc(Cl)ccc1C1=NCCN1. The van der Waals surface area contributed by atoms with Gasteiger partial charge in [0, 0.05) is 54.0 Å². The molecule has 0 fully saturated rings. The van der Waals surface area contributed by atoms with Gasteiger partial charge in [-0.2, -0.15) is 4.98 Å². The maximum atomic E-state index is 6.28. The van der Waals surface area contributed by atoms with Crippen molar-refractivity contribution < 1.29 is 14.2 Å². The van der Waals surface area contributed by atoms with E-state index in [0.717, 1.165) is 113 Å². The summed E-state index contributed by atoms with van der Waals surface area (Å²) in [5, 5.41) is 19.8. The number of hydrogen-bond donors (Lipinski definition) is 3. The Hall–Kier alpha value is -7.11. The van der Waals surface area contributed by atoms with Gasteiger partial charge in [0.1, 0.15) is 34.8 Å². The number of fused-ring (bicyclic) bond motifs is 3. The van der Waals surface area contributed by atoms with Gasteiger partial charge in [0.2, 0.25) is 17.6 Å². The number of halogens is 2.